The number of pyridine rings is 1. The van der Waals surface area contributed by atoms with Crippen LogP contribution in [0.5, 0.6) is 0 Å². The normalized spacial score (nSPS) is 11.0. The van der Waals surface area contributed by atoms with Crippen molar-refractivity contribution in [2.75, 3.05) is 6.54 Å². The zero-order valence-corrected chi connectivity index (χ0v) is 12.4. The maximum atomic E-state index is 11.9. The summed E-state index contributed by atoms with van der Waals surface area (Å²) in [5.74, 6) is -0.414. The van der Waals surface area contributed by atoms with Gasteiger partial charge in [0, 0.05) is 16.9 Å². The van der Waals surface area contributed by atoms with Gasteiger partial charge in [-0.05, 0) is 27.6 Å². The van der Waals surface area contributed by atoms with Crippen LogP contribution in [0.2, 0.25) is 0 Å². The Bertz CT molecular complexity index is 674. The molecule has 0 saturated heterocycles. The zero-order chi connectivity index (χ0) is 15.1. The second-order valence-corrected chi connectivity index (χ2v) is 4.96. The lowest BCUT2D eigenvalue weighted by Gasteiger charge is -2.04. The summed E-state index contributed by atoms with van der Waals surface area (Å²) in [6.07, 6.45) is 3.00. The van der Waals surface area contributed by atoms with Crippen LogP contribution in [0.15, 0.2) is 63.5 Å². The van der Waals surface area contributed by atoms with Crippen LogP contribution < -0.4 is 5.43 Å². The van der Waals surface area contributed by atoms with Gasteiger partial charge in [0.1, 0.15) is 6.54 Å². The molecule has 0 fully saturated rings. The molecule has 0 saturated carbocycles. The molecule has 21 heavy (non-hydrogen) atoms. The number of hydrogen-bond acceptors (Lipinski definition) is 5. The molecule has 0 atom stereocenters. The van der Waals surface area contributed by atoms with Gasteiger partial charge in [-0.2, -0.15) is 10.0 Å². The first kappa shape index (κ1) is 15.0. The highest BCUT2D eigenvalue weighted by Gasteiger charge is 2.08. The molecule has 1 heterocycles. The molecule has 0 aliphatic heterocycles. The number of aromatic nitrogens is 1. The Hall–Kier alpha value is -2.41. The van der Waals surface area contributed by atoms with E-state index in [0.29, 0.717) is 15.7 Å². The van der Waals surface area contributed by atoms with Gasteiger partial charge in [0.25, 0.3) is 5.91 Å². The van der Waals surface area contributed by atoms with Crippen molar-refractivity contribution >= 4 is 27.5 Å². The minimum absolute atomic E-state index is 0.124. The van der Waals surface area contributed by atoms with Crippen molar-refractivity contribution < 1.29 is 4.79 Å². The van der Waals surface area contributed by atoms with Crippen LogP contribution in [0, 0.1) is 4.91 Å². The van der Waals surface area contributed by atoms with Gasteiger partial charge in [-0.1, -0.05) is 35.5 Å². The molecule has 2 aromatic rings. The largest absolute Gasteiger partial charge is 0.272 e. The minimum Gasteiger partial charge on any atom is -0.267 e. The third-order valence-corrected chi connectivity index (χ3v) is 3.01. The smallest absolute Gasteiger partial charge is 0.267 e. The fourth-order valence-corrected chi connectivity index (χ4v) is 1.97. The van der Waals surface area contributed by atoms with Gasteiger partial charge in [-0.15, -0.1) is 0 Å². The van der Waals surface area contributed by atoms with Crippen molar-refractivity contribution in [1.82, 2.24) is 10.4 Å². The Labute approximate surface area is 129 Å². The monoisotopic (exact) mass is 346 g/mol. The number of nitrogens with one attached hydrogen (secondary N) is 1. The molecule has 0 radical (unpaired) electrons. The van der Waals surface area contributed by atoms with E-state index in [-0.39, 0.29) is 6.54 Å². The van der Waals surface area contributed by atoms with Crippen molar-refractivity contribution in [1.29, 1.82) is 0 Å². The van der Waals surface area contributed by atoms with E-state index in [1.165, 1.54) is 6.20 Å². The molecule has 0 unspecified atom stereocenters. The van der Waals surface area contributed by atoms with Crippen molar-refractivity contribution in [3.63, 3.8) is 0 Å². The van der Waals surface area contributed by atoms with Gasteiger partial charge in [0.15, 0.2) is 0 Å². The third-order valence-electron chi connectivity index (χ3n) is 2.58. The third kappa shape index (κ3) is 4.28. The number of carbonyl (C=O) groups excluding carboxylic acids is 1. The van der Waals surface area contributed by atoms with Crippen LogP contribution in [-0.2, 0) is 0 Å². The van der Waals surface area contributed by atoms with Crippen LogP contribution >= 0.6 is 15.9 Å². The van der Waals surface area contributed by atoms with E-state index in [2.05, 4.69) is 36.6 Å². The number of benzene rings is 1. The summed E-state index contributed by atoms with van der Waals surface area (Å²) >= 11 is 3.24. The van der Waals surface area contributed by atoms with Crippen LogP contribution in [-0.4, -0.2) is 23.1 Å². The summed E-state index contributed by atoms with van der Waals surface area (Å²) in [4.78, 5) is 26.3. The standard InChI is InChI=1S/C14H11BrN4O2/c15-12-6-11(7-16-8-12)14(20)19-18-13(9-17-21)10-4-2-1-3-5-10/h1-8H,9H2,(H,19,20). The molecule has 7 heteroatoms. The van der Waals surface area contributed by atoms with Gasteiger partial charge in [0.2, 0.25) is 0 Å². The molecule has 0 bridgehead atoms. The second-order valence-electron chi connectivity index (χ2n) is 4.04. The van der Waals surface area contributed by atoms with Gasteiger partial charge in [0.05, 0.1) is 11.3 Å². The predicted octanol–water partition coefficient (Wildman–Crippen LogP) is 2.74. The lowest BCUT2D eigenvalue weighted by Crippen LogP contribution is -2.21. The molecule has 106 valence electrons. The van der Waals surface area contributed by atoms with Gasteiger partial charge in [-0.3, -0.25) is 9.78 Å². The average molecular weight is 347 g/mol. The van der Waals surface area contributed by atoms with E-state index in [1.807, 2.05) is 18.2 Å². The van der Waals surface area contributed by atoms with E-state index < -0.39 is 5.91 Å². The number of hydrazone groups is 1. The number of rotatable bonds is 5. The summed E-state index contributed by atoms with van der Waals surface area (Å²) in [5, 5.41) is 6.80. The topological polar surface area (TPSA) is 83.8 Å². The number of amides is 1. The van der Waals surface area contributed by atoms with E-state index in [1.54, 1.807) is 24.4 Å². The average Bonchev–Trinajstić information content (AvgIpc) is 2.52. The Morgan fingerprint density at radius 1 is 1.19 bits per heavy atom. The van der Waals surface area contributed by atoms with Gasteiger partial charge < -0.3 is 0 Å². The summed E-state index contributed by atoms with van der Waals surface area (Å²) in [5.41, 5.74) is 3.88. The quantitative estimate of drug-likeness (QED) is 0.513. The van der Waals surface area contributed by atoms with Crippen LogP contribution in [0.3, 0.4) is 0 Å². The predicted molar refractivity (Wildman–Crippen MR) is 83.0 cm³/mol. The van der Waals surface area contributed by atoms with E-state index in [9.17, 15) is 9.70 Å². The first-order chi connectivity index (χ1) is 10.2. The van der Waals surface area contributed by atoms with Crippen molar-refractivity contribution in [2.45, 2.75) is 0 Å². The lowest BCUT2D eigenvalue weighted by molar-refractivity contribution is 0.0954. The highest BCUT2D eigenvalue weighted by Crippen LogP contribution is 2.09. The van der Waals surface area contributed by atoms with E-state index in [0.717, 1.165) is 5.56 Å². The Kier molecular flexibility index (Phi) is 5.28. The Morgan fingerprint density at radius 2 is 1.95 bits per heavy atom. The van der Waals surface area contributed by atoms with E-state index in [4.69, 9.17) is 0 Å². The van der Waals surface area contributed by atoms with E-state index >= 15 is 0 Å². The Balaban J connectivity index is 2.16. The molecule has 2 rings (SSSR count). The van der Waals surface area contributed by atoms with Crippen molar-refractivity contribution in [3.05, 3.63) is 69.3 Å². The summed E-state index contributed by atoms with van der Waals surface area (Å²) in [6.45, 7) is -0.124. The summed E-state index contributed by atoms with van der Waals surface area (Å²) in [6, 6.07) is 10.7. The first-order valence-electron chi connectivity index (χ1n) is 6.02. The fourth-order valence-electron chi connectivity index (χ4n) is 1.60. The van der Waals surface area contributed by atoms with Crippen LogP contribution in [0.1, 0.15) is 15.9 Å². The number of halogens is 1. The number of carbonyl (C=O) groups is 1. The number of nitroso groups, excluding NO2 is 1. The summed E-state index contributed by atoms with van der Waals surface area (Å²) < 4.78 is 0.692. The molecule has 0 spiro atoms. The molecule has 0 aliphatic rings. The molecule has 1 N–H and O–H groups in total. The molecular weight excluding hydrogens is 336 g/mol. The summed E-state index contributed by atoms with van der Waals surface area (Å²) in [7, 11) is 0. The Morgan fingerprint density at radius 3 is 2.62 bits per heavy atom. The molecule has 1 aromatic carbocycles. The molecular formula is C14H11BrN4O2. The fraction of sp³-hybridized carbons (Fsp3) is 0.0714. The molecule has 6 nitrogen and oxygen atoms in total. The molecule has 0 aliphatic carbocycles. The molecule has 1 aromatic heterocycles. The second kappa shape index (κ2) is 7.39. The highest BCUT2D eigenvalue weighted by molar-refractivity contribution is 9.10. The number of nitrogens with zero attached hydrogens (tertiary/aromatic N) is 3. The highest BCUT2D eigenvalue weighted by atomic mass is 79.9. The maximum absolute atomic E-state index is 11.9. The van der Waals surface area contributed by atoms with Crippen LogP contribution in [0.25, 0.3) is 0 Å². The lowest BCUT2D eigenvalue weighted by atomic mass is 10.1. The minimum atomic E-state index is -0.414. The molecule has 1 amide bonds. The SMILES string of the molecule is O=NCC(=NNC(=O)c1cncc(Br)c1)c1ccccc1. The van der Waals surface area contributed by atoms with Crippen molar-refractivity contribution in [3.8, 4) is 0 Å². The zero-order valence-electron chi connectivity index (χ0n) is 10.9. The maximum Gasteiger partial charge on any atom is 0.272 e. The van der Waals surface area contributed by atoms with Gasteiger partial charge >= 0.3 is 0 Å². The first-order valence-corrected chi connectivity index (χ1v) is 6.82. The van der Waals surface area contributed by atoms with Crippen molar-refractivity contribution in [2.24, 2.45) is 10.3 Å². The number of hydrogen-bond donors (Lipinski definition) is 1. The van der Waals surface area contributed by atoms with Gasteiger partial charge in [-0.25, -0.2) is 5.43 Å². The van der Waals surface area contributed by atoms with Crippen LogP contribution in [0.4, 0.5) is 0 Å².